The van der Waals surface area contributed by atoms with E-state index in [0.717, 1.165) is 0 Å². The molecule has 7 heteroatoms. The molecule has 1 aromatic carbocycles. The van der Waals surface area contributed by atoms with Crippen LogP contribution in [0.4, 0.5) is 4.39 Å². The molecule has 1 atom stereocenters. The Kier molecular flexibility index (Phi) is 7.15. The molecule has 0 bridgehead atoms. The highest BCUT2D eigenvalue weighted by atomic mass is 79.9. The molecule has 0 spiro atoms. The fraction of sp³-hybridized carbons (Fsp3) is 0.500. The van der Waals surface area contributed by atoms with Crippen LogP contribution in [0.25, 0.3) is 0 Å². The Balaban J connectivity index is 2.56. The number of rotatable bonds is 7. The molecule has 1 amide bonds. The van der Waals surface area contributed by atoms with Gasteiger partial charge in [-0.15, -0.1) is 0 Å². The van der Waals surface area contributed by atoms with Crippen molar-refractivity contribution in [2.24, 2.45) is 0 Å². The molecule has 0 fully saturated rings. The maximum absolute atomic E-state index is 13.1. The lowest BCUT2D eigenvalue weighted by atomic mass is 10.1. The van der Waals surface area contributed by atoms with E-state index in [9.17, 15) is 19.1 Å². The Morgan fingerprint density at radius 3 is 2.57 bits per heavy atom. The second-order valence-electron chi connectivity index (χ2n) is 6.13. The molecule has 128 valence electrons. The molecule has 0 saturated carbocycles. The number of hydrogen-bond donors (Lipinski definition) is 2. The lowest BCUT2D eigenvalue weighted by molar-refractivity contribution is -0.142. The normalized spacial score (nSPS) is 12.7. The van der Waals surface area contributed by atoms with E-state index in [0.29, 0.717) is 5.56 Å². The topological polar surface area (TPSA) is 75.6 Å². The summed E-state index contributed by atoms with van der Waals surface area (Å²) < 4.78 is 18.9. The third-order valence-electron chi connectivity index (χ3n) is 2.92. The first-order chi connectivity index (χ1) is 10.6. The summed E-state index contributed by atoms with van der Waals surface area (Å²) in [5.41, 5.74) is 0.221. The first-order valence-corrected chi connectivity index (χ1v) is 7.98. The minimum absolute atomic E-state index is 0.0250. The van der Waals surface area contributed by atoms with Crippen LogP contribution < -0.4 is 5.32 Å². The summed E-state index contributed by atoms with van der Waals surface area (Å²) in [5, 5.41) is 11.6. The van der Waals surface area contributed by atoms with E-state index in [1.54, 1.807) is 0 Å². The van der Waals surface area contributed by atoms with Gasteiger partial charge in [-0.3, -0.25) is 4.79 Å². The number of carbonyl (C=O) groups excluding carboxylic acids is 1. The van der Waals surface area contributed by atoms with Gasteiger partial charge in [-0.1, -0.05) is 6.07 Å². The van der Waals surface area contributed by atoms with Gasteiger partial charge in [0.2, 0.25) is 5.91 Å². The molecule has 1 unspecified atom stereocenters. The van der Waals surface area contributed by atoms with Gasteiger partial charge in [-0.25, -0.2) is 9.18 Å². The minimum Gasteiger partial charge on any atom is -0.480 e. The lowest BCUT2D eigenvalue weighted by Crippen LogP contribution is -2.42. The molecule has 0 aromatic heterocycles. The van der Waals surface area contributed by atoms with Crippen molar-refractivity contribution in [2.75, 3.05) is 6.61 Å². The molecule has 2 N–H and O–H groups in total. The van der Waals surface area contributed by atoms with Crippen LogP contribution in [0.15, 0.2) is 22.7 Å². The standard InChI is InChI=1S/C16H21BrFNO4/c1-16(2,3)23-7-6-13(15(21)22)19-14(20)9-10-4-5-12(18)11(17)8-10/h4-5,8,13H,6-7,9H2,1-3H3,(H,19,20)(H,21,22). The smallest absolute Gasteiger partial charge is 0.326 e. The van der Waals surface area contributed by atoms with E-state index in [1.165, 1.54) is 18.2 Å². The van der Waals surface area contributed by atoms with Crippen molar-refractivity contribution in [3.05, 3.63) is 34.1 Å². The third-order valence-corrected chi connectivity index (χ3v) is 3.53. The average Bonchev–Trinajstić information content (AvgIpc) is 2.40. The Morgan fingerprint density at radius 2 is 2.04 bits per heavy atom. The van der Waals surface area contributed by atoms with Gasteiger partial charge < -0.3 is 15.2 Å². The number of carbonyl (C=O) groups is 2. The SMILES string of the molecule is CC(C)(C)OCCC(NC(=O)Cc1ccc(F)c(Br)c1)C(=O)O. The number of benzene rings is 1. The monoisotopic (exact) mass is 389 g/mol. The average molecular weight is 390 g/mol. The highest BCUT2D eigenvalue weighted by Crippen LogP contribution is 2.17. The van der Waals surface area contributed by atoms with E-state index in [-0.39, 0.29) is 29.5 Å². The van der Waals surface area contributed by atoms with E-state index in [1.807, 2.05) is 20.8 Å². The highest BCUT2D eigenvalue weighted by molar-refractivity contribution is 9.10. The zero-order valence-electron chi connectivity index (χ0n) is 13.4. The molecule has 0 aliphatic rings. The Hall–Kier alpha value is -1.47. The molecule has 1 rings (SSSR count). The van der Waals surface area contributed by atoms with Crippen molar-refractivity contribution in [2.45, 2.75) is 45.3 Å². The summed E-state index contributed by atoms with van der Waals surface area (Å²) in [6.07, 6.45) is 0.147. The second-order valence-corrected chi connectivity index (χ2v) is 6.99. The molecule has 0 saturated heterocycles. The van der Waals surface area contributed by atoms with Gasteiger partial charge in [-0.05, 0) is 54.4 Å². The summed E-state index contributed by atoms with van der Waals surface area (Å²) in [5.74, 6) is -1.97. The third kappa shape index (κ3) is 7.56. The number of hydrogen-bond acceptors (Lipinski definition) is 3. The summed E-state index contributed by atoms with van der Waals surface area (Å²) >= 11 is 3.05. The fourth-order valence-electron chi connectivity index (χ4n) is 1.82. The van der Waals surface area contributed by atoms with Crippen molar-refractivity contribution in [3.63, 3.8) is 0 Å². The van der Waals surface area contributed by atoms with Crippen LogP contribution in [0.5, 0.6) is 0 Å². The molecule has 23 heavy (non-hydrogen) atoms. The number of nitrogens with one attached hydrogen (secondary N) is 1. The number of ether oxygens (including phenoxy) is 1. The van der Waals surface area contributed by atoms with Crippen LogP contribution in [0.3, 0.4) is 0 Å². The van der Waals surface area contributed by atoms with Crippen LogP contribution >= 0.6 is 15.9 Å². The minimum atomic E-state index is -1.11. The van der Waals surface area contributed by atoms with Gasteiger partial charge in [0.25, 0.3) is 0 Å². The Morgan fingerprint density at radius 1 is 1.39 bits per heavy atom. The number of carboxylic acid groups (broad SMARTS) is 1. The predicted octanol–water partition coefficient (Wildman–Crippen LogP) is 2.91. The molecule has 5 nitrogen and oxygen atoms in total. The highest BCUT2D eigenvalue weighted by Gasteiger charge is 2.21. The fourth-order valence-corrected chi connectivity index (χ4v) is 2.25. The van der Waals surface area contributed by atoms with Crippen molar-refractivity contribution in [1.29, 1.82) is 0 Å². The first-order valence-electron chi connectivity index (χ1n) is 7.18. The van der Waals surface area contributed by atoms with Crippen molar-refractivity contribution in [3.8, 4) is 0 Å². The Labute approximate surface area is 143 Å². The van der Waals surface area contributed by atoms with Crippen LogP contribution in [0.1, 0.15) is 32.8 Å². The Bertz CT molecular complexity index is 572. The first kappa shape index (κ1) is 19.6. The van der Waals surface area contributed by atoms with Gasteiger partial charge in [0.15, 0.2) is 0 Å². The van der Waals surface area contributed by atoms with Crippen molar-refractivity contribution >= 4 is 27.8 Å². The molecule has 1 aromatic rings. The lowest BCUT2D eigenvalue weighted by Gasteiger charge is -2.21. The predicted molar refractivity (Wildman–Crippen MR) is 87.7 cm³/mol. The quantitative estimate of drug-likeness (QED) is 0.751. The molecule has 0 radical (unpaired) electrons. The van der Waals surface area contributed by atoms with E-state index in [2.05, 4.69) is 21.2 Å². The number of aliphatic carboxylic acids is 1. The molecule has 0 aliphatic carbocycles. The molecule has 0 heterocycles. The van der Waals surface area contributed by atoms with Crippen LogP contribution in [-0.2, 0) is 20.7 Å². The largest absolute Gasteiger partial charge is 0.480 e. The van der Waals surface area contributed by atoms with Gasteiger partial charge in [0.1, 0.15) is 11.9 Å². The summed E-state index contributed by atoms with van der Waals surface area (Å²) in [4.78, 5) is 23.2. The van der Waals surface area contributed by atoms with Crippen LogP contribution in [0, 0.1) is 5.82 Å². The van der Waals surface area contributed by atoms with Gasteiger partial charge in [-0.2, -0.15) is 0 Å². The summed E-state index contributed by atoms with van der Waals surface area (Å²) in [7, 11) is 0. The number of halogens is 2. The summed E-state index contributed by atoms with van der Waals surface area (Å²) in [6, 6.07) is 3.21. The van der Waals surface area contributed by atoms with Crippen molar-refractivity contribution < 1.29 is 23.8 Å². The van der Waals surface area contributed by atoms with Gasteiger partial charge >= 0.3 is 5.97 Å². The van der Waals surface area contributed by atoms with E-state index < -0.39 is 23.7 Å². The van der Waals surface area contributed by atoms with Crippen LogP contribution in [0.2, 0.25) is 0 Å². The number of amides is 1. The van der Waals surface area contributed by atoms with E-state index >= 15 is 0 Å². The number of carboxylic acids is 1. The maximum atomic E-state index is 13.1. The zero-order chi connectivity index (χ0) is 17.6. The van der Waals surface area contributed by atoms with Crippen molar-refractivity contribution in [1.82, 2.24) is 5.32 Å². The summed E-state index contributed by atoms with van der Waals surface area (Å²) in [6.45, 7) is 5.83. The maximum Gasteiger partial charge on any atom is 0.326 e. The second kappa shape index (κ2) is 8.40. The van der Waals surface area contributed by atoms with Gasteiger partial charge in [0, 0.05) is 13.0 Å². The molecule has 0 aliphatic heterocycles. The molecular formula is C16H21BrFNO4. The zero-order valence-corrected chi connectivity index (χ0v) is 14.9. The van der Waals surface area contributed by atoms with Gasteiger partial charge in [0.05, 0.1) is 16.5 Å². The molecular weight excluding hydrogens is 369 g/mol. The van der Waals surface area contributed by atoms with Crippen LogP contribution in [-0.4, -0.2) is 35.2 Å². The van der Waals surface area contributed by atoms with E-state index in [4.69, 9.17) is 4.74 Å².